The van der Waals surface area contributed by atoms with E-state index in [-0.39, 0.29) is 5.91 Å². The van der Waals surface area contributed by atoms with Crippen LogP contribution in [0.2, 0.25) is 0 Å². The number of hydrogen-bond donors (Lipinski definition) is 2. The van der Waals surface area contributed by atoms with Crippen molar-refractivity contribution in [2.75, 3.05) is 25.6 Å². The Kier molecular flexibility index (Phi) is 6.55. The Morgan fingerprint density at radius 2 is 2.04 bits per heavy atom. The van der Waals surface area contributed by atoms with E-state index < -0.39 is 0 Å². The van der Waals surface area contributed by atoms with E-state index in [1.807, 2.05) is 31.2 Å². The lowest BCUT2D eigenvalue weighted by Crippen LogP contribution is -2.26. The number of hydrogen-bond acceptors (Lipinski definition) is 4. The molecule has 0 bridgehead atoms. The minimum Gasteiger partial charge on any atom is -0.385 e. The highest BCUT2D eigenvalue weighted by atomic mass is 79.9. The fourth-order valence-corrected chi connectivity index (χ4v) is 2.33. The number of benzene rings is 1. The molecular formula is C17H20BrN3O2. The molecule has 0 saturated carbocycles. The van der Waals surface area contributed by atoms with Gasteiger partial charge in [0.1, 0.15) is 5.69 Å². The predicted molar refractivity (Wildman–Crippen MR) is 95.2 cm³/mol. The van der Waals surface area contributed by atoms with Crippen molar-refractivity contribution in [2.45, 2.75) is 13.3 Å². The first-order valence-corrected chi connectivity index (χ1v) is 8.16. The molecule has 2 N–H and O–H groups in total. The minimum absolute atomic E-state index is 0.175. The number of amides is 1. The van der Waals surface area contributed by atoms with Gasteiger partial charge in [-0.3, -0.25) is 4.79 Å². The molecule has 1 aromatic carbocycles. The molecule has 23 heavy (non-hydrogen) atoms. The minimum atomic E-state index is -0.175. The highest BCUT2D eigenvalue weighted by Crippen LogP contribution is 2.23. The number of anilines is 2. The van der Waals surface area contributed by atoms with Crippen molar-refractivity contribution in [1.29, 1.82) is 0 Å². The third kappa shape index (κ3) is 5.33. The fraction of sp³-hybridized carbons (Fsp3) is 0.294. The van der Waals surface area contributed by atoms with E-state index in [0.29, 0.717) is 18.8 Å². The zero-order chi connectivity index (χ0) is 16.7. The number of nitrogens with one attached hydrogen (secondary N) is 2. The van der Waals surface area contributed by atoms with Crippen molar-refractivity contribution >= 4 is 33.2 Å². The molecule has 6 heteroatoms. The van der Waals surface area contributed by atoms with Gasteiger partial charge in [0.2, 0.25) is 0 Å². The monoisotopic (exact) mass is 377 g/mol. The number of halogens is 1. The zero-order valence-corrected chi connectivity index (χ0v) is 14.8. The van der Waals surface area contributed by atoms with Gasteiger partial charge in [-0.25, -0.2) is 4.98 Å². The maximum Gasteiger partial charge on any atom is 0.269 e. The van der Waals surface area contributed by atoms with Crippen molar-refractivity contribution in [3.63, 3.8) is 0 Å². The predicted octanol–water partition coefficient (Wildman–Crippen LogP) is 3.66. The van der Waals surface area contributed by atoms with Gasteiger partial charge in [-0.05, 0) is 43.2 Å². The van der Waals surface area contributed by atoms with E-state index in [4.69, 9.17) is 4.74 Å². The average Bonchev–Trinajstić information content (AvgIpc) is 2.55. The summed E-state index contributed by atoms with van der Waals surface area (Å²) in [6.45, 7) is 3.24. The molecule has 1 heterocycles. The van der Waals surface area contributed by atoms with Crippen LogP contribution in [0.15, 0.2) is 41.0 Å². The van der Waals surface area contributed by atoms with Crippen LogP contribution in [0.25, 0.3) is 0 Å². The second-order valence-corrected chi connectivity index (χ2v) is 5.98. The van der Waals surface area contributed by atoms with Crippen LogP contribution in [0, 0.1) is 6.92 Å². The highest BCUT2D eigenvalue weighted by molar-refractivity contribution is 9.10. The van der Waals surface area contributed by atoms with Gasteiger partial charge < -0.3 is 15.4 Å². The van der Waals surface area contributed by atoms with Crippen LogP contribution >= 0.6 is 15.9 Å². The molecule has 2 aromatic rings. The van der Waals surface area contributed by atoms with E-state index >= 15 is 0 Å². The molecule has 0 aliphatic heterocycles. The van der Waals surface area contributed by atoms with Crippen LogP contribution in [0.3, 0.4) is 0 Å². The van der Waals surface area contributed by atoms with Gasteiger partial charge in [0.05, 0.1) is 11.9 Å². The molecule has 1 amide bonds. The Balaban J connectivity index is 1.93. The molecule has 0 atom stereocenters. The van der Waals surface area contributed by atoms with E-state index in [0.717, 1.165) is 22.3 Å². The number of pyridine rings is 1. The second-order valence-electron chi connectivity index (χ2n) is 5.12. The third-order valence-corrected chi connectivity index (χ3v) is 4.12. The van der Waals surface area contributed by atoms with Crippen LogP contribution in [-0.4, -0.2) is 31.2 Å². The summed E-state index contributed by atoms with van der Waals surface area (Å²) in [5.41, 5.74) is 3.37. The molecule has 5 nitrogen and oxygen atoms in total. The SMILES string of the molecule is COCCCNC(=O)c1ccc(Nc2ccc(C)c(Br)c2)cn1. The standard InChI is InChI=1S/C17H20BrN3O2/c1-12-4-5-13(10-15(12)18)21-14-6-7-16(20-11-14)17(22)19-8-3-9-23-2/h4-7,10-11,21H,3,8-9H2,1-2H3,(H,19,22). The van der Waals surface area contributed by atoms with Gasteiger partial charge in [-0.15, -0.1) is 0 Å². The van der Waals surface area contributed by atoms with Gasteiger partial charge in [0, 0.05) is 30.4 Å². The van der Waals surface area contributed by atoms with Crippen LogP contribution in [-0.2, 0) is 4.74 Å². The van der Waals surface area contributed by atoms with Crippen molar-refractivity contribution in [3.05, 3.63) is 52.3 Å². The number of rotatable bonds is 7. The van der Waals surface area contributed by atoms with Gasteiger partial charge >= 0.3 is 0 Å². The van der Waals surface area contributed by atoms with Crippen LogP contribution < -0.4 is 10.6 Å². The molecule has 1 aromatic heterocycles. The van der Waals surface area contributed by atoms with E-state index in [9.17, 15) is 4.79 Å². The third-order valence-electron chi connectivity index (χ3n) is 3.27. The highest BCUT2D eigenvalue weighted by Gasteiger charge is 2.06. The maximum atomic E-state index is 11.9. The summed E-state index contributed by atoms with van der Waals surface area (Å²) in [6.07, 6.45) is 2.43. The first-order chi connectivity index (χ1) is 11.1. The molecular weight excluding hydrogens is 358 g/mol. The summed E-state index contributed by atoms with van der Waals surface area (Å²) in [6, 6.07) is 9.58. The Labute approximate surface area is 144 Å². The maximum absolute atomic E-state index is 11.9. The number of ether oxygens (including phenoxy) is 1. The zero-order valence-electron chi connectivity index (χ0n) is 13.2. The van der Waals surface area contributed by atoms with E-state index in [1.165, 1.54) is 5.56 Å². The number of nitrogens with zero attached hydrogens (tertiary/aromatic N) is 1. The van der Waals surface area contributed by atoms with Crippen LogP contribution in [0.1, 0.15) is 22.5 Å². The lowest BCUT2D eigenvalue weighted by Gasteiger charge is -2.09. The Morgan fingerprint density at radius 3 is 2.70 bits per heavy atom. The first-order valence-electron chi connectivity index (χ1n) is 7.36. The Bertz CT molecular complexity index is 659. The topological polar surface area (TPSA) is 63.2 Å². The van der Waals surface area contributed by atoms with Crippen molar-refractivity contribution in [1.82, 2.24) is 10.3 Å². The van der Waals surface area contributed by atoms with Crippen molar-refractivity contribution in [3.8, 4) is 0 Å². The smallest absolute Gasteiger partial charge is 0.269 e. The van der Waals surface area contributed by atoms with E-state index in [1.54, 1.807) is 19.4 Å². The molecule has 122 valence electrons. The summed E-state index contributed by atoms with van der Waals surface area (Å²) in [5.74, 6) is -0.175. The number of methoxy groups -OCH3 is 1. The average molecular weight is 378 g/mol. The molecule has 0 aliphatic rings. The lowest BCUT2D eigenvalue weighted by molar-refractivity contribution is 0.0943. The number of aromatic nitrogens is 1. The number of aryl methyl sites for hydroxylation is 1. The van der Waals surface area contributed by atoms with Gasteiger partial charge in [-0.1, -0.05) is 22.0 Å². The summed E-state index contributed by atoms with van der Waals surface area (Å²) in [4.78, 5) is 16.1. The number of carbonyl (C=O) groups is 1. The van der Waals surface area contributed by atoms with Gasteiger partial charge in [0.15, 0.2) is 0 Å². The molecule has 0 radical (unpaired) electrons. The summed E-state index contributed by atoms with van der Waals surface area (Å²) >= 11 is 3.51. The first kappa shape index (κ1) is 17.4. The van der Waals surface area contributed by atoms with Crippen molar-refractivity contribution < 1.29 is 9.53 Å². The second kappa shape index (κ2) is 8.64. The molecule has 0 fully saturated rings. The summed E-state index contributed by atoms with van der Waals surface area (Å²) in [5, 5.41) is 6.07. The fourth-order valence-electron chi connectivity index (χ4n) is 1.95. The van der Waals surface area contributed by atoms with Gasteiger partial charge in [-0.2, -0.15) is 0 Å². The summed E-state index contributed by atoms with van der Waals surface area (Å²) < 4.78 is 5.98. The van der Waals surface area contributed by atoms with Crippen LogP contribution in [0.4, 0.5) is 11.4 Å². The Morgan fingerprint density at radius 1 is 1.26 bits per heavy atom. The largest absolute Gasteiger partial charge is 0.385 e. The van der Waals surface area contributed by atoms with E-state index in [2.05, 4.69) is 31.5 Å². The summed E-state index contributed by atoms with van der Waals surface area (Å²) in [7, 11) is 1.64. The normalized spacial score (nSPS) is 10.4. The van der Waals surface area contributed by atoms with Gasteiger partial charge in [0.25, 0.3) is 5.91 Å². The molecule has 0 unspecified atom stereocenters. The molecule has 0 aliphatic carbocycles. The molecule has 0 spiro atoms. The van der Waals surface area contributed by atoms with Crippen LogP contribution in [0.5, 0.6) is 0 Å². The lowest BCUT2D eigenvalue weighted by atomic mass is 10.2. The number of carbonyl (C=O) groups excluding carboxylic acids is 1. The quantitative estimate of drug-likeness (QED) is 0.722. The Hall–Kier alpha value is -1.92. The molecule has 0 saturated heterocycles. The van der Waals surface area contributed by atoms with Crippen molar-refractivity contribution in [2.24, 2.45) is 0 Å². The molecule has 2 rings (SSSR count).